The molecule has 0 atom stereocenters. The van der Waals surface area contributed by atoms with E-state index in [4.69, 9.17) is 0 Å². The number of esters is 1. The molecule has 4 amide bonds. The van der Waals surface area contributed by atoms with Crippen LogP contribution in [0.3, 0.4) is 0 Å². The van der Waals surface area contributed by atoms with Gasteiger partial charge in [0, 0.05) is 6.04 Å². The van der Waals surface area contributed by atoms with Crippen molar-refractivity contribution in [2.75, 3.05) is 13.2 Å². The van der Waals surface area contributed by atoms with E-state index in [1.54, 1.807) is 17.5 Å². The average molecular weight is 325 g/mol. The van der Waals surface area contributed by atoms with Crippen molar-refractivity contribution >= 4 is 35.2 Å². The van der Waals surface area contributed by atoms with Gasteiger partial charge in [-0.3, -0.25) is 19.7 Å². The lowest BCUT2D eigenvalue weighted by Gasteiger charge is -2.07. The first-order valence-electron chi connectivity index (χ1n) is 6.62. The Labute approximate surface area is 130 Å². The molecule has 22 heavy (non-hydrogen) atoms. The minimum Gasteiger partial charge on any atom is -0.454 e. The summed E-state index contributed by atoms with van der Waals surface area (Å²) in [4.78, 5) is 46.0. The minimum atomic E-state index is -0.761. The molecule has 2 rings (SSSR count). The number of amides is 4. The molecule has 0 saturated heterocycles. The molecule has 3 N–H and O–H groups in total. The quantitative estimate of drug-likeness (QED) is 0.638. The number of ether oxygens (including phenoxy) is 1. The molecular weight excluding hydrogens is 310 g/mol. The maximum atomic E-state index is 11.6. The lowest BCUT2D eigenvalue weighted by molar-refractivity contribution is -0.147. The second kappa shape index (κ2) is 7.55. The van der Waals surface area contributed by atoms with Crippen LogP contribution in [0.1, 0.15) is 22.5 Å². The number of thiophene rings is 1. The molecule has 1 aliphatic rings. The Morgan fingerprint density at radius 1 is 1.27 bits per heavy atom. The number of carbonyl (C=O) groups is 4. The zero-order valence-corrected chi connectivity index (χ0v) is 12.4. The normalized spacial score (nSPS) is 13.1. The number of imide groups is 1. The predicted molar refractivity (Wildman–Crippen MR) is 77.3 cm³/mol. The summed E-state index contributed by atoms with van der Waals surface area (Å²) in [6.45, 7) is -0.927. The van der Waals surface area contributed by atoms with Crippen molar-refractivity contribution in [3.8, 4) is 0 Å². The van der Waals surface area contributed by atoms with Crippen molar-refractivity contribution in [2.24, 2.45) is 0 Å². The van der Waals surface area contributed by atoms with Crippen molar-refractivity contribution < 1.29 is 23.9 Å². The number of hydrogen-bond acceptors (Lipinski definition) is 6. The van der Waals surface area contributed by atoms with Crippen LogP contribution < -0.4 is 16.0 Å². The molecule has 1 aliphatic carbocycles. The molecule has 0 unspecified atom stereocenters. The highest BCUT2D eigenvalue weighted by Gasteiger charge is 2.24. The van der Waals surface area contributed by atoms with Crippen LogP contribution in [0, 0.1) is 0 Å². The number of hydrogen-bond donors (Lipinski definition) is 3. The Balaban J connectivity index is 1.59. The highest BCUT2D eigenvalue weighted by atomic mass is 32.1. The summed E-state index contributed by atoms with van der Waals surface area (Å²) < 4.78 is 4.65. The highest BCUT2D eigenvalue weighted by Crippen LogP contribution is 2.18. The summed E-state index contributed by atoms with van der Waals surface area (Å²) in [5.41, 5.74) is 0. The zero-order chi connectivity index (χ0) is 15.9. The fourth-order valence-corrected chi connectivity index (χ4v) is 2.10. The Morgan fingerprint density at radius 2 is 2.05 bits per heavy atom. The first-order chi connectivity index (χ1) is 10.5. The molecule has 0 aromatic carbocycles. The van der Waals surface area contributed by atoms with E-state index < -0.39 is 24.5 Å². The van der Waals surface area contributed by atoms with Crippen molar-refractivity contribution in [3.05, 3.63) is 22.4 Å². The van der Waals surface area contributed by atoms with E-state index in [0.29, 0.717) is 4.88 Å². The number of rotatable bonds is 6. The Hall–Kier alpha value is -2.42. The van der Waals surface area contributed by atoms with Gasteiger partial charge in [-0.2, -0.15) is 0 Å². The van der Waals surface area contributed by atoms with Crippen LogP contribution >= 0.6 is 11.3 Å². The van der Waals surface area contributed by atoms with Crippen LogP contribution in [0.5, 0.6) is 0 Å². The highest BCUT2D eigenvalue weighted by molar-refractivity contribution is 7.12. The smallest absolute Gasteiger partial charge is 0.325 e. The molecule has 0 aliphatic heterocycles. The van der Waals surface area contributed by atoms with Crippen LogP contribution in [0.2, 0.25) is 0 Å². The summed E-state index contributed by atoms with van der Waals surface area (Å²) in [6.07, 6.45) is 1.81. The maximum absolute atomic E-state index is 11.6. The molecule has 118 valence electrons. The van der Waals surface area contributed by atoms with E-state index in [2.05, 4.69) is 15.4 Å². The van der Waals surface area contributed by atoms with Crippen LogP contribution in [0.25, 0.3) is 0 Å². The average Bonchev–Trinajstić information content (AvgIpc) is 3.11. The third-order valence-corrected chi connectivity index (χ3v) is 3.54. The van der Waals surface area contributed by atoms with Gasteiger partial charge in [-0.1, -0.05) is 6.07 Å². The summed E-state index contributed by atoms with van der Waals surface area (Å²) >= 11 is 1.24. The molecule has 1 aromatic rings. The number of nitrogens with one attached hydrogen (secondary N) is 3. The van der Waals surface area contributed by atoms with Crippen molar-refractivity contribution in [1.29, 1.82) is 0 Å². The Kier molecular flexibility index (Phi) is 5.48. The second-order valence-electron chi connectivity index (χ2n) is 4.62. The zero-order valence-electron chi connectivity index (χ0n) is 11.6. The van der Waals surface area contributed by atoms with E-state index in [9.17, 15) is 19.2 Å². The third-order valence-electron chi connectivity index (χ3n) is 2.67. The van der Waals surface area contributed by atoms with Gasteiger partial charge in [-0.25, -0.2) is 4.79 Å². The molecule has 1 fully saturated rings. The largest absolute Gasteiger partial charge is 0.454 e. The van der Waals surface area contributed by atoms with Gasteiger partial charge in [0.05, 0.1) is 4.88 Å². The van der Waals surface area contributed by atoms with E-state index in [1.165, 1.54) is 11.3 Å². The molecular formula is C13H15N3O5S. The lowest BCUT2D eigenvalue weighted by atomic mass is 10.4. The van der Waals surface area contributed by atoms with Crippen LogP contribution in [0.15, 0.2) is 17.5 Å². The molecule has 1 saturated carbocycles. The molecule has 1 heterocycles. The van der Waals surface area contributed by atoms with E-state index in [1.807, 2.05) is 5.32 Å². The van der Waals surface area contributed by atoms with Gasteiger partial charge in [-0.05, 0) is 24.3 Å². The van der Waals surface area contributed by atoms with E-state index in [0.717, 1.165) is 12.8 Å². The van der Waals surface area contributed by atoms with Gasteiger partial charge < -0.3 is 15.4 Å². The summed E-state index contributed by atoms with van der Waals surface area (Å²) in [5.74, 6) is -1.88. The molecule has 8 nitrogen and oxygen atoms in total. The topological polar surface area (TPSA) is 114 Å². The number of carbonyl (C=O) groups excluding carboxylic acids is 4. The van der Waals surface area contributed by atoms with Crippen molar-refractivity contribution in [1.82, 2.24) is 16.0 Å². The van der Waals surface area contributed by atoms with Gasteiger partial charge in [0.2, 0.25) is 0 Å². The van der Waals surface area contributed by atoms with E-state index >= 15 is 0 Å². The first kappa shape index (κ1) is 16.0. The van der Waals surface area contributed by atoms with Gasteiger partial charge in [-0.15, -0.1) is 11.3 Å². The van der Waals surface area contributed by atoms with E-state index in [-0.39, 0.29) is 18.5 Å². The molecule has 1 aromatic heterocycles. The molecule has 0 bridgehead atoms. The van der Waals surface area contributed by atoms with Crippen LogP contribution in [-0.4, -0.2) is 43.0 Å². The van der Waals surface area contributed by atoms with Gasteiger partial charge >= 0.3 is 12.0 Å². The number of urea groups is 1. The fraction of sp³-hybridized carbons (Fsp3) is 0.385. The van der Waals surface area contributed by atoms with Gasteiger partial charge in [0.25, 0.3) is 11.8 Å². The maximum Gasteiger partial charge on any atom is 0.325 e. The summed E-state index contributed by atoms with van der Waals surface area (Å²) in [5, 5.41) is 8.71. The standard InChI is InChI=1S/C13H15N3O5S/c17-10(16-13(20)15-8-3-4-8)7-21-11(18)6-14-12(19)9-2-1-5-22-9/h1-2,5,8H,3-4,6-7H2,(H,14,19)(H2,15,16,17,20). The predicted octanol–water partition coefficient (Wildman–Crippen LogP) is 0.00930. The molecule has 0 spiro atoms. The Morgan fingerprint density at radius 3 is 2.68 bits per heavy atom. The first-order valence-corrected chi connectivity index (χ1v) is 7.50. The monoisotopic (exact) mass is 325 g/mol. The molecule has 9 heteroatoms. The Bertz CT molecular complexity index is 568. The summed E-state index contributed by atoms with van der Waals surface area (Å²) in [7, 11) is 0. The summed E-state index contributed by atoms with van der Waals surface area (Å²) in [6, 6.07) is 2.86. The molecule has 0 radical (unpaired) electrons. The fourth-order valence-electron chi connectivity index (χ4n) is 1.46. The minimum absolute atomic E-state index is 0.128. The van der Waals surface area contributed by atoms with Crippen molar-refractivity contribution in [3.63, 3.8) is 0 Å². The van der Waals surface area contributed by atoms with Crippen LogP contribution in [0.4, 0.5) is 4.79 Å². The van der Waals surface area contributed by atoms with Crippen LogP contribution in [-0.2, 0) is 14.3 Å². The van der Waals surface area contributed by atoms with Gasteiger partial charge in [0.15, 0.2) is 6.61 Å². The SMILES string of the molecule is O=C(COC(=O)CNC(=O)c1cccs1)NC(=O)NC1CC1. The second-order valence-corrected chi connectivity index (χ2v) is 5.56. The third kappa shape index (κ3) is 5.52. The van der Waals surface area contributed by atoms with Crippen molar-refractivity contribution in [2.45, 2.75) is 18.9 Å². The van der Waals surface area contributed by atoms with Gasteiger partial charge in [0.1, 0.15) is 6.54 Å². The lowest BCUT2D eigenvalue weighted by Crippen LogP contribution is -2.42.